The lowest BCUT2D eigenvalue weighted by atomic mass is 10.1. The summed E-state index contributed by atoms with van der Waals surface area (Å²) in [7, 11) is 0. The van der Waals surface area contributed by atoms with Gasteiger partial charge < -0.3 is 10.6 Å². The Balaban J connectivity index is 1.90. The van der Waals surface area contributed by atoms with Crippen molar-refractivity contribution in [3.63, 3.8) is 0 Å². The van der Waals surface area contributed by atoms with Crippen molar-refractivity contribution in [1.82, 2.24) is 15.0 Å². The summed E-state index contributed by atoms with van der Waals surface area (Å²) in [5, 5.41) is 8.17. The van der Waals surface area contributed by atoms with Crippen LogP contribution in [0.1, 0.15) is 6.42 Å². The molecule has 0 aliphatic carbocycles. The molecule has 2 heterocycles. The Morgan fingerprint density at radius 1 is 1.26 bits per heavy atom. The van der Waals surface area contributed by atoms with Gasteiger partial charge in [0, 0.05) is 18.7 Å². The fourth-order valence-corrected chi connectivity index (χ4v) is 2.32. The van der Waals surface area contributed by atoms with Gasteiger partial charge in [0.2, 0.25) is 5.91 Å². The number of carbonyl (C=O) groups is 1. The molecule has 98 valence electrons. The normalized spacial score (nSPS) is 19.1. The first kappa shape index (κ1) is 11.9. The topological polar surface area (TPSA) is 77.0 Å². The summed E-state index contributed by atoms with van der Waals surface area (Å²) in [4.78, 5) is 15.3. The second kappa shape index (κ2) is 4.81. The van der Waals surface area contributed by atoms with E-state index in [-0.39, 0.29) is 11.8 Å². The molecular formula is C13H15N5O. The SMILES string of the molecule is NCC1CC(=O)N(c2cccc(-n3nccn3)c2)C1. The molecule has 0 radical (unpaired) electrons. The number of amides is 1. The molecule has 1 atom stereocenters. The van der Waals surface area contributed by atoms with Gasteiger partial charge in [-0.05, 0) is 30.7 Å². The van der Waals surface area contributed by atoms with E-state index in [2.05, 4.69) is 10.2 Å². The highest BCUT2D eigenvalue weighted by Crippen LogP contribution is 2.25. The first-order valence-electron chi connectivity index (χ1n) is 6.25. The first-order chi connectivity index (χ1) is 9.28. The van der Waals surface area contributed by atoms with Crippen LogP contribution >= 0.6 is 0 Å². The highest BCUT2D eigenvalue weighted by atomic mass is 16.2. The van der Waals surface area contributed by atoms with E-state index in [0.717, 1.165) is 11.4 Å². The zero-order chi connectivity index (χ0) is 13.2. The van der Waals surface area contributed by atoms with E-state index < -0.39 is 0 Å². The van der Waals surface area contributed by atoms with Crippen molar-refractivity contribution in [1.29, 1.82) is 0 Å². The molecule has 1 aliphatic heterocycles. The van der Waals surface area contributed by atoms with Crippen molar-refractivity contribution in [2.45, 2.75) is 6.42 Å². The van der Waals surface area contributed by atoms with Crippen molar-refractivity contribution < 1.29 is 4.79 Å². The average Bonchev–Trinajstić information content (AvgIpc) is 3.08. The van der Waals surface area contributed by atoms with E-state index in [0.29, 0.717) is 19.5 Å². The third-order valence-corrected chi connectivity index (χ3v) is 3.33. The van der Waals surface area contributed by atoms with Crippen LogP contribution in [-0.2, 0) is 4.79 Å². The Bertz CT molecular complexity index is 580. The zero-order valence-electron chi connectivity index (χ0n) is 10.4. The minimum absolute atomic E-state index is 0.126. The molecule has 2 aromatic rings. The summed E-state index contributed by atoms with van der Waals surface area (Å²) >= 11 is 0. The van der Waals surface area contributed by atoms with Crippen LogP contribution in [0.2, 0.25) is 0 Å². The van der Waals surface area contributed by atoms with Gasteiger partial charge in [0.25, 0.3) is 0 Å². The minimum Gasteiger partial charge on any atom is -0.330 e. The molecule has 1 aromatic carbocycles. The van der Waals surface area contributed by atoms with Crippen molar-refractivity contribution >= 4 is 11.6 Å². The Kier molecular flexibility index (Phi) is 3.00. The quantitative estimate of drug-likeness (QED) is 0.872. The van der Waals surface area contributed by atoms with Crippen molar-refractivity contribution in [3.8, 4) is 5.69 Å². The van der Waals surface area contributed by atoms with Crippen LogP contribution in [0.15, 0.2) is 36.7 Å². The van der Waals surface area contributed by atoms with Gasteiger partial charge in [0.1, 0.15) is 0 Å². The summed E-state index contributed by atoms with van der Waals surface area (Å²) in [5.74, 6) is 0.375. The number of aromatic nitrogens is 3. The van der Waals surface area contributed by atoms with Gasteiger partial charge in [0.05, 0.1) is 18.1 Å². The smallest absolute Gasteiger partial charge is 0.227 e. The van der Waals surface area contributed by atoms with Gasteiger partial charge in [0.15, 0.2) is 0 Å². The molecule has 2 N–H and O–H groups in total. The van der Waals surface area contributed by atoms with Crippen molar-refractivity contribution in [2.75, 3.05) is 18.0 Å². The summed E-state index contributed by atoms with van der Waals surface area (Å²) in [5.41, 5.74) is 7.35. The number of carbonyl (C=O) groups excluding carboxylic acids is 1. The maximum Gasteiger partial charge on any atom is 0.227 e. The maximum absolute atomic E-state index is 12.0. The fraction of sp³-hybridized carbons (Fsp3) is 0.308. The lowest BCUT2D eigenvalue weighted by molar-refractivity contribution is -0.117. The van der Waals surface area contributed by atoms with E-state index in [1.54, 1.807) is 17.3 Å². The first-order valence-corrected chi connectivity index (χ1v) is 6.25. The number of hydrogen-bond acceptors (Lipinski definition) is 4. The molecule has 1 amide bonds. The second-order valence-electron chi connectivity index (χ2n) is 4.65. The Labute approximate surface area is 110 Å². The van der Waals surface area contributed by atoms with Gasteiger partial charge in [-0.15, -0.1) is 0 Å². The van der Waals surface area contributed by atoms with Crippen molar-refractivity contribution in [2.24, 2.45) is 11.7 Å². The number of hydrogen-bond donors (Lipinski definition) is 1. The summed E-state index contributed by atoms with van der Waals surface area (Å²) in [6, 6.07) is 7.64. The third kappa shape index (κ3) is 2.22. The van der Waals surface area contributed by atoms with Gasteiger partial charge in [-0.25, -0.2) is 0 Å². The molecule has 1 unspecified atom stereocenters. The predicted octanol–water partition coefficient (Wildman–Crippen LogP) is 0.579. The predicted molar refractivity (Wildman–Crippen MR) is 70.9 cm³/mol. The minimum atomic E-state index is 0.126. The molecule has 6 nitrogen and oxygen atoms in total. The van der Waals surface area contributed by atoms with Crippen LogP contribution < -0.4 is 10.6 Å². The number of nitrogens with zero attached hydrogens (tertiary/aromatic N) is 4. The molecule has 0 bridgehead atoms. The van der Waals surface area contributed by atoms with Crippen LogP contribution in [0.25, 0.3) is 5.69 Å². The van der Waals surface area contributed by atoms with E-state index >= 15 is 0 Å². The largest absolute Gasteiger partial charge is 0.330 e. The lowest BCUT2D eigenvalue weighted by Gasteiger charge is -2.17. The molecule has 1 saturated heterocycles. The lowest BCUT2D eigenvalue weighted by Crippen LogP contribution is -2.25. The van der Waals surface area contributed by atoms with Gasteiger partial charge in [-0.1, -0.05) is 6.07 Å². The molecule has 1 aliphatic rings. The fourth-order valence-electron chi connectivity index (χ4n) is 2.32. The van der Waals surface area contributed by atoms with Gasteiger partial charge in [-0.2, -0.15) is 15.0 Å². The molecule has 1 fully saturated rings. The summed E-state index contributed by atoms with van der Waals surface area (Å²) in [6.45, 7) is 1.23. The Morgan fingerprint density at radius 2 is 2.00 bits per heavy atom. The van der Waals surface area contributed by atoms with Crippen molar-refractivity contribution in [3.05, 3.63) is 36.7 Å². The van der Waals surface area contributed by atoms with E-state index in [4.69, 9.17) is 5.73 Å². The monoisotopic (exact) mass is 257 g/mol. The number of rotatable bonds is 3. The maximum atomic E-state index is 12.0. The molecule has 0 saturated carbocycles. The van der Waals surface area contributed by atoms with Crippen LogP contribution in [-0.4, -0.2) is 34.0 Å². The third-order valence-electron chi connectivity index (χ3n) is 3.33. The molecule has 19 heavy (non-hydrogen) atoms. The summed E-state index contributed by atoms with van der Waals surface area (Å²) < 4.78 is 0. The second-order valence-corrected chi connectivity index (χ2v) is 4.65. The zero-order valence-corrected chi connectivity index (χ0v) is 10.4. The molecule has 1 aromatic heterocycles. The molecular weight excluding hydrogens is 242 g/mol. The van der Waals surface area contributed by atoms with Crippen LogP contribution in [0.5, 0.6) is 0 Å². The number of benzene rings is 1. The Morgan fingerprint density at radius 3 is 2.68 bits per heavy atom. The van der Waals surface area contributed by atoms with Crippen LogP contribution in [0.4, 0.5) is 5.69 Å². The number of anilines is 1. The Hall–Kier alpha value is -2.21. The highest BCUT2D eigenvalue weighted by Gasteiger charge is 2.29. The van der Waals surface area contributed by atoms with Crippen LogP contribution in [0, 0.1) is 5.92 Å². The van der Waals surface area contributed by atoms with E-state index in [1.807, 2.05) is 24.3 Å². The van der Waals surface area contributed by atoms with E-state index in [1.165, 1.54) is 4.80 Å². The number of nitrogens with two attached hydrogens (primary N) is 1. The van der Waals surface area contributed by atoms with E-state index in [9.17, 15) is 4.79 Å². The average molecular weight is 257 g/mol. The van der Waals surface area contributed by atoms with Gasteiger partial charge in [-0.3, -0.25) is 4.79 Å². The van der Waals surface area contributed by atoms with Gasteiger partial charge >= 0.3 is 0 Å². The highest BCUT2D eigenvalue weighted by molar-refractivity contribution is 5.96. The van der Waals surface area contributed by atoms with Crippen LogP contribution in [0.3, 0.4) is 0 Å². The molecule has 6 heteroatoms. The standard InChI is InChI=1S/C13H15N5O/c14-8-10-6-13(19)17(9-10)11-2-1-3-12(7-11)18-15-4-5-16-18/h1-5,7,10H,6,8-9,14H2. The molecule has 3 rings (SSSR count). The summed E-state index contributed by atoms with van der Waals surface area (Å²) in [6.07, 6.45) is 3.77. The molecule has 0 spiro atoms.